The largest absolute Gasteiger partial charge is 0.353 e. The molecule has 3 aliphatic rings. The Kier molecular flexibility index (Phi) is 4.61. The van der Waals surface area contributed by atoms with E-state index in [1.54, 1.807) is 6.08 Å². The maximum absolute atomic E-state index is 11.6. The Labute approximate surface area is 115 Å². The van der Waals surface area contributed by atoms with Crippen molar-refractivity contribution in [2.45, 2.75) is 57.5 Å². The van der Waals surface area contributed by atoms with E-state index >= 15 is 0 Å². The van der Waals surface area contributed by atoms with Gasteiger partial charge >= 0.3 is 0 Å². The number of carbonyl (C=O) groups excluding carboxylic acids is 2. The Morgan fingerprint density at radius 2 is 1.63 bits per heavy atom. The molecule has 0 aliphatic heterocycles. The second kappa shape index (κ2) is 6.22. The van der Waals surface area contributed by atoms with Crippen molar-refractivity contribution in [1.29, 1.82) is 0 Å². The van der Waals surface area contributed by atoms with Crippen LogP contribution in [0.2, 0.25) is 0 Å². The molecule has 4 unspecified atom stereocenters. The average Bonchev–Trinajstić information content (AvgIpc) is 2.40. The maximum Gasteiger partial charge on any atom is 0.224 e. The normalized spacial score (nSPS) is 32.7. The minimum atomic E-state index is 0.0710. The van der Waals surface area contributed by atoms with Crippen LogP contribution in [0, 0.1) is 11.8 Å². The summed E-state index contributed by atoms with van der Waals surface area (Å²) in [7, 11) is 0. The van der Waals surface area contributed by atoms with E-state index in [4.69, 9.17) is 0 Å². The minimum Gasteiger partial charge on any atom is -0.353 e. The first-order valence-corrected chi connectivity index (χ1v) is 7.33. The van der Waals surface area contributed by atoms with Gasteiger partial charge in [-0.3, -0.25) is 9.59 Å². The molecule has 2 amide bonds. The molecule has 0 radical (unpaired) electrons. The zero-order valence-corrected chi connectivity index (χ0v) is 11.7. The summed E-state index contributed by atoms with van der Waals surface area (Å²) in [5, 5.41) is 6.25. The highest BCUT2D eigenvalue weighted by atomic mass is 16.2. The lowest BCUT2D eigenvalue weighted by molar-refractivity contribution is -0.125. The number of hydrogen-bond donors (Lipinski definition) is 2. The summed E-state index contributed by atoms with van der Waals surface area (Å²) in [4.78, 5) is 23.1. The third kappa shape index (κ3) is 3.37. The van der Waals surface area contributed by atoms with E-state index in [-0.39, 0.29) is 11.8 Å². The SMILES string of the molecule is C=CCC(=O)NC1CC2CCC1CC2NC(=O)CC. The smallest absolute Gasteiger partial charge is 0.224 e. The molecule has 0 heterocycles. The van der Waals surface area contributed by atoms with Gasteiger partial charge < -0.3 is 10.6 Å². The molecular weight excluding hydrogens is 240 g/mol. The van der Waals surface area contributed by atoms with E-state index in [1.807, 2.05) is 6.92 Å². The van der Waals surface area contributed by atoms with E-state index in [9.17, 15) is 9.59 Å². The first kappa shape index (κ1) is 14.1. The van der Waals surface area contributed by atoms with Gasteiger partial charge in [-0.1, -0.05) is 13.0 Å². The molecule has 3 fully saturated rings. The van der Waals surface area contributed by atoms with Crippen LogP contribution in [0.3, 0.4) is 0 Å². The Morgan fingerprint density at radius 1 is 1.11 bits per heavy atom. The Balaban J connectivity index is 1.89. The van der Waals surface area contributed by atoms with E-state index in [2.05, 4.69) is 17.2 Å². The minimum absolute atomic E-state index is 0.0710. The van der Waals surface area contributed by atoms with Gasteiger partial charge in [0.15, 0.2) is 0 Å². The van der Waals surface area contributed by atoms with E-state index < -0.39 is 0 Å². The predicted molar refractivity (Wildman–Crippen MR) is 74.4 cm³/mol. The summed E-state index contributed by atoms with van der Waals surface area (Å²) < 4.78 is 0. The quantitative estimate of drug-likeness (QED) is 0.743. The maximum atomic E-state index is 11.6. The molecule has 0 saturated heterocycles. The van der Waals surface area contributed by atoms with Crippen LogP contribution in [0.15, 0.2) is 12.7 Å². The third-order valence-electron chi connectivity index (χ3n) is 4.50. The third-order valence-corrected chi connectivity index (χ3v) is 4.50. The van der Waals surface area contributed by atoms with Crippen molar-refractivity contribution in [2.24, 2.45) is 11.8 Å². The highest BCUT2D eigenvalue weighted by molar-refractivity contribution is 5.77. The van der Waals surface area contributed by atoms with Gasteiger partial charge in [0.2, 0.25) is 11.8 Å². The summed E-state index contributed by atoms with van der Waals surface area (Å²) in [5.41, 5.74) is 0. The van der Waals surface area contributed by atoms with Crippen molar-refractivity contribution in [3.05, 3.63) is 12.7 Å². The fraction of sp³-hybridized carbons (Fsp3) is 0.733. The van der Waals surface area contributed by atoms with Gasteiger partial charge in [0.05, 0.1) is 0 Å². The molecule has 4 atom stereocenters. The molecule has 3 saturated carbocycles. The van der Waals surface area contributed by atoms with Crippen molar-refractivity contribution in [3.8, 4) is 0 Å². The van der Waals surface area contributed by atoms with Gasteiger partial charge in [0, 0.05) is 24.9 Å². The molecule has 4 nitrogen and oxygen atoms in total. The van der Waals surface area contributed by atoms with Gasteiger partial charge in [-0.25, -0.2) is 0 Å². The lowest BCUT2D eigenvalue weighted by Gasteiger charge is -2.47. The standard InChI is InChI=1S/C15H24N2O2/c1-3-5-15(19)17-13-9-10-6-7-11(13)8-12(10)16-14(18)4-2/h3,10-13H,1,4-9H2,2H3,(H,16,18)(H,17,19). The zero-order valence-electron chi connectivity index (χ0n) is 11.7. The van der Waals surface area contributed by atoms with Crippen molar-refractivity contribution in [1.82, 2.24) is 10.6 Å². The molecule has 19 heavy (non-hydrogen) atoms. The first-order chi connectivity index (χ1) is 9.13. The molecule has 3 aliphatic carbocycles. The fourth-order valence-electron chi connectivity index (χ4n) is 3.49. The van der Waals surface area contributed by atoms with Crippen LogP contribution in [0.1, 0.15) is 45.4 Å². The Bertz CT molecular complexity index is 367. The van der Waals surface area contributed by atoms with Crippen LogP contribution in [-0.2, 0) is 9.59 Å². The summed E-state index contributed by atoms with van der Waals surface area (Å²) in [6.45, 7) is 5.47. The lowest BCUT2D eigenvalue weighted by Crippen LogP contribution is -2.56. The highest BCUT2D eigenvalue weighted by Crippen LogP contribution is 2.41. The topological polar surface area (TPSA) is 58.2 Å². The summed E-state index contributed by atoms with van der Waals surface area (Å²) in [6.07, 6.45) is 6.94. The monoisotopic (exact) mass is 264 g/mol. The first-order valence-electron chi connectivity index (χ1n) is 7.33. The Morgan fingerprint density at radius 3 is 2.05 bits per heavy atom. The molecule has 4 heteroatoms. The molecule has 0 spiro atoms. The van der Waals surface area contributed by atoms with Crippen LogP contribution in [0.4, 0.5) is 0 Å². The molecule has 2 N–H and O–H groups in total. The number of rotatable bonds is 5. The van der Waals surface area contributed by atoms with Crippen LogP contribution in [-0.4, -0.2) is 23.9 Å². The van der Waals surface area contributed by atoms with Crippen molar-refractivity contribution < 1.29 is 9.59 Å². The van der Waals surface area contributed by atoms with Gasteiger partial charge in [0.1, 0.15) is 0 Å². The molecule has 3 rings (SSSR count). The molecule has 0 aromatic heterocycles. The lowest BCUT2D eigenvalue weighted by atomic mass is 9.65. The molecule has 0 aromatic rings. The fourth-order valence-corrected chi connectivity index (χ4v) is 3.49. The van der Waals surface area contributed by atoms with Crippen molar-refractivity contribution in [2.75, 3.05) is 0 Å². The van der Waals surface area contributed by atoms with E-state index in [1.165, 1.54) is 12.8 Å². The highest BCUT2D eigenvalue weighted by Gasteiger charge is 2.42. The summed E-state index contributed by atoms with van der Waals surface area (Å²) >= 11 is 0. The van der Waals surface area contributed by atoms with E-state index in [0.29, 0.717) is 36.8 Å². The van der Waals surface area contributed by atoms with Crippen LogP contribution in [0.5, 0.6) is 0 Å². The molecular formula is C15H24N2O2. The second-order valence-corrected chi connectivity index (χ2v) is 5.76. The second-order valence-electron chi connectivity index (χ2n) is 5.76. The summed E-state index contributed by atoms with van der Waals surface area (Å²) in [5.74, 6) is 1.25. The predicted octanol–water partition coefficient (Wildman–Crippen LogP) is 1.76. The number of hydrogen-bond acceptors (Lipinski definition) is 2. The van der Waals surface area contributed by atoms with Gasteiger partial charge in [0.25, 0.3) is 0 Å². The molecule has 0 aromatic carbocycles. The molecule has 2 bridgehead atoms. The van der Waals surface area contributed by atoms with Crippen LogP contribution in [0.25, 0.3) is 0 Å². The van der Waals surface area contributed by atoms with Crippen molar-refractivity contribution >= 4 is 11.8 Å². The van der Waals surface area contributed by atoms with Crippen LogP contribution >= 0.6 is 0 Å². The number of fused-ring (bicyclic) bond motifs is 3. The van der Waals surface area contributed by atoms with E-state index in [0.717, 1.165) is 12.8 Å². The van der Waals surface area contributed by atoms with Gasteiger partial charge in [-0.2, -0.15) is 0 Å². The van der Waals surface area contributed by atoms with Crippen molar-refractivity contribution in [3.63, 3.8) is 0 Å². The summed E-state index contributed by atoms with van der Waals surface area (Å²) in [6, 6.07) is 0.611. The van der Waals surface area contributed by atoms with Gasteiger partial charge in [-0.05, 0) is 37.5 Å². The number of amides is 2. The average molecular weight is 264 g/mol. The Hall–Kier alpha value is -1.32. The molecule has 106 valence electrons. The van der Waals surface area contributed by atoms with Gasteiger partial charge in [-0.15, -0.1) is 6.58 Å². The number of nitrogens with one attached hydrogen (secondary N) is 2. The zero-order chi connectivity index (χ0) is 13.8. The number of carbonyl (C=O) groups is 2. The van der Waals surface area contributed by atoms with Crippen LogP contribution < -0.4 is 10.6 Å².